The lowest BCUT2D eigenvalue weighted by Crippen LogP contribution is -2.45. The van der Waals surface area contributed by atoms with E-state index >= 15 is 0 Å². The molecule has 2 unspecified atom stereocenters. The summed E-state index contributed by atoms with van der Waals surface area (Å²) in [5, 5.41) is 14.7. The molecule has 6 heteroatoms. The molecule has 0 fully saturated rings. The lowest BCUT2D eigenvalue weighted by molar-refractivity contribution is 0.411. The minimum Gasteiger partial charge on any atom is -0.456 e. The van der Waals surface area contributed by atoms with E-state index in [0.29, 0.717) is 10.6 Å². The number of hydrogen-bond acceptors (Lipinski definition) is 5. The van der Waals surface area contributed by atoms with Crippen LogP contribution in [-0.2, 0) is 0 Å². The third kappa shape index (κ3) is 5.31. The Morgan fingerprint density at radius 2 is 1.16 bits per heavy atom. The number of nitrogens with zero attached hydrogens (tertiary/aromatic N) is 1. The van der Waals surface area contributed by atoms with Crippen LogP contribution < -0.4 is 10.6 Å². The lowest BCUT2D eigenvalue weighted by Gasteiger charge is -2.33. The van der Waals surface area contributed by atoms with Crippen molar-refractivity contribution in [2.75, 3.05) is 0 Å². The summed E-state index contributed by atoms with van der Waals surface area (Å²) in [5.41, 5.74) is 10.8. The minimum atomic E-state index is -0.393. The van der Waals surface area contributed by atoms with E-state index in [-0.39, 0.29) is 6.17 Å². The zero-order valence-corrected chi connectivity index (χ0v) is 30.2. The van der Waals surface area contributed by atoms with E-state index in [1.165, 1.54) is 5.56 Å². The van der Waals surface area contributed by atoms with Crippen molar-refractivity contribution in [3.05, 3.63) is 192 Å². The second-order valence-electron chi connectivity index (χ2n) is 14.1. The number of amidine groups is 1. The summed E-state index contributed by atoms with van der Waals surface area (Å²) in [6, 6.07) is 58.9. The maximum atomic E-state index is 6.79. The zero-order chi connectivity index (χ0) is 36.5. The van der Waals surface area contributed by atoms with Gasteiger partial charge >= 0.3 is 0 Å². The van der Waals surface area contributed by atoms with Gasteiger partial charge in [-0.15, -0.1) is 0 Å². The molecule has 0 aliphatic carbocycles. The quantitative estimate of drug-likeness (QED) is 0.185. The number of para-hydroxylation sites is 2. The van der Waals surface area contributed by atoms with Crippen molar-refractivity contribution < 1.29 is 8.83 Å². The first-order valence-electron chi connectivity index (χ1n) is 18.5. The number of fused-ring (bicyclic) bond motifs is 7. The van der Waals surface area contributed by atoms with Crippen LogP contribution in [0.4, 0.5) is 0 Å². The number of aliphatic imine (C=N–C) groups is 1. The molecule has 0 saturated carbocycles. The predicted molar refractivity (Wildman–Crippen MR) is 226 cm³/mol. The third-order valence-corrected chi connectivity index (χ3v) is 11.1. The normalized spacial score (nSPS) is 15.9. The van der Waals surface area contributed by atoms with Crippen molar-refractivity contribution in [3.8, 4) is 22.3 Å². The van der Waals surface area contributed by atoms with Gasteiger partial charge in [-0.05, 0) is 75.0 Å². The summed E-state index contributed by atoms with van der Waals surface area (Å²) in [7, 11) is 0. The molecule has 0 radical (unpaired) electrons. The van der Waals surface area contributed by atoms with E-state index < -0.39 is 6.17 Å². The predicted octanol–water partition coefficient (Wildman–Crippen LogP) is 13.0. The number of nitrogens with one attached hydrogen (secondary N) is 2. The van der Waals surface area contributed by atoms with Crippen molar-refractivity contribution in [3.63, 3.8) is 0 Å². The van der Waals surface area contributed by atoms with Gasteiger partial charge in [-0.1, -0.05) is 145 Å². The Balaban J connectivity index is 1.10. The molecule has 5 nitrogen and oxygen atoms in total. The van der Waals surface area contributed by atoms with E-state index in [1.54, 1.807) is 0 Å². The molecule has 55 heavy (non-hydrogen) atoms. The van der Waals surface area contributed by atoms with Crippen molar-refractivity contribution in [1.82, 2.24) is 10.6 Å². The van der Waals surface area contributed by atoms with Gasteiger partial charge in [-0.25, -0.2) is 4.99 Å². The van der Waals surface area contributed by atoms with Crippen LogP contribution in [0.25, 0.3) is 76.9 Å². The van der Waals surface area contributed by atoms with Gasteiger partial charge in [0.05, 0.1) is 5.02 Å². The summed E-state index contributed by atoms with van der Waals surface area (Å²) < 4.78 is 12.7. The molecular weight excluding hydrogens is 698 g/mol. The number of furan rings is 2. The first-order valence-corrected chi connectivity index (χ1v) is 18.8. The highest BCUT2D eigenvalue weighted by Crippen LogP contribution is 2.44. The fourth-order valence-electron chi connectivity index (χ4n) is 8.27. The average Bonchev–Trinajstić information content (AvgIpc) is 3.84. The molecule has 0 bridgehead atoms. The molecule has 10 aromatic rings. The zero-order valence-electron chi connectivity index (χ0n) is 29.5. The van der Waals surface area contributed by atoms with Crippen LogP contribution in [0.15, 0.2) is 184 Å². The second kappa shape index (κ2) is 12.7. The molecule has 11 rings (SSSR count). The van der Waals surface area contributed by atoms with Crippen LogP contribution >= 0.6 is 11.6 Å². The molecule has 0 amide bonds. The molecule has 2 atom stereocenters. The van der Waals surface area contributed by atoms with Gasteiger partial charge in [0.1, 0.15) is 34.9 Å². The van der Waals surface area contributed by atoms with Crippen LogP contribution in [0.5, 0.6) is 0 Å². The Labute approximate surface area is 321 Å². The topological polar surface area (TPSA) is 62.7 Å². The maximum Gasteiger partial charge on any atom is 0.154 e. The summed E-state index contributed by atoms with van der Waals surface area (Å²) in [6.45, 7) is 0. The van der Waals surface area contributed by atoms with Gasteiger partial charge in [-0.2, -0.15) is 0 Å². The van der Waals surface area contributed by atoms with E-state index in [2.05, 4.69) is 132 Å². The SMILES string of the molecule is Clc1ccc(-c2cc(C3N=C(c4ccc(-c5ccccc5)cc4)NC(c4cccc5oc6ccccc6c45)N3)cc3ccccc23)c2c1oc1ccccc12. The molecule has 8 aromatic carbocycles. The highest BCUT2D eigenvalue weighted by atomic mass is 35.5. The molecule has 1 aliphatic rings. The summed E-state index contributed by atoms with van der Waals surface area (Å²) in [4.78, 5) is 5.42. The smallest absolute Gasteiger partial charge is 0.154 e. The largest absolute Gasteiger partial charge is 0.456 e. The molecule has 2 N–H and O–H groups in total. The van der Waals surface area contributed by atoms with Gasteiger partial charge in [0.2, 0.25) is 0 Å². The molecule has 1 aliphatic heterocycles. The fraction of sp³-hybridized carbons (Fsp3) is 0.0408. The van der Waals surface area contributed by atoms with E-state index in [1.807, 2.05) is 48.5 Å². The van der Waals surface area contributed by atoms with Gasteiger partial charge in [-0.3, -0.25) is 5.32 Å². The third-order valence-electron chi connectivity index (χ3n) is 10.8. The lowest BCUT2D eigenvalue weighted by atomic mass is 9.91. The highest BCUT2D eigenvalue weighted by Gasteiger charge is 2.29. The molecule has 262 valence electrons. The summed E-state index contributed by atoms with van der Waals surface area (Å²) in [5.74, 6) is 0.808. The summed E-state index contributed by atoms with van der Waals surface area (Å²) in [6.07, 6.45) is -0.679. The molecule has 2 aromatic heterocycles. The van der Waals surface area contributed by atoms with Crippen LogP contribution in [0.1, 0.15) is 29.0 Å². The van der Waals surface area contributed by atoms with E-state index in [0.717, 1.165) is 88.3 Å². The monoisotopic (exact) mass is 729 g/mol. The van der Waals surface area contributed by atoms with Crippen molar-refractivity contribution in [2.24, 2.45) is 4.99 Å². The maximum absolute atomic E-state index is 6.79. The van der Waals surface area contributed by atoms with Gasteiger partial charge in [0.25, 0.3) is 0 Å². The Kier molecular flexibility index (Phi) is 7.37. The number of hydrogen-bond donors (Lipinski definition) is 2. The highest BCUT2D eigenvalue weighted by molar-refractivity contribution is 6.37. The Hall–Kier alpha value is -6.66. The number of benzene rings is 8. The fourth-order valence-corrected chi connectivity index (χ4v) is 8.46. The van der Waals surface area contributed by atoms with Gasteiger partial charge in [0.15, 0.2) is 5.58 Å². The number of rotatable bonds is 5. The van der Waals surface area contributed by atoms with Crippen molar-refractivity contribution in [1.29, 1.82) is 0 Å². The first kappa shape index (κ1) is 31.8. The van der Waals surface area contributed by atoms with E-state index in [4.69, 9.17) is 25.4 Å². The van der Waals surface area contributed by atoms with Crippen LogP contribution in [0.2, 0.25) is 5.02 Å². The summed E-state index contributed by atoms with van der Waals surface area (Å²) >= 11 is 6.79. The van der Waals surface area contributed by atoms with Gasteiger partial charge in [0, 0.05) is 32.7 Å². The Morgan fingerprint density at radius 3 is 1.98 bits per heavy atom. The van der Waals surface area contributed by atoms with Crippen LogP contribution in [-0.4, -0.2) is 5.84 Å². The molecular formula is C49H32ClN3O2. The van der Waals surface area contributed by atoms with Crippen LogP contribution in [0.3, 0.4) is 0 Å². The first-order chi connectivity index (χ1) is 27.2. The molecule has 0 saturated heterocycles. The van der Waals surface area contributed by atoms with Crippen molar-refractivity contribution in [2.45, 2.75) is 12.3 Å². The van der Waals surface area contributed by atoms with E-state index in [9.17, 15) is 0 Å². The average molecular weight is 730 g/mol. The van der Waals surface area contributed by atoms with Crippen molar-refractivity contribution >= 4 is 72.1 Å². The van der Waals surface area contributed by atoms with Crippen LogP contribution in [0, 0.1) is 0 Å². The molecule has 0 spiro atoms. The molecule has 3 heterocycles. The van der Waals surface area contributed by atoms with Gasteiger partial charge < -0.3 is 14.2 Å². The standard InChI is InChI=1S/C49H32ClN3O2/c50-40-26-25-35(45-37-16-7-9-19-42(37)55-46(40)45)39-28-33(27-32-13-4-5-14-34(32)39)48-51-47(31-23-21-30(22-24-31)29-11-2-1-3-12-29)52-49(53-48)38-17-10-20-43-44(38)36-15-6-8-18-41(36)54-43/h1-28,48-49,53H,(H,51,52). The minimum absolute atomic E-state index is 0.286. The Morgan fingerprint density at radius 1 is 0.509 bits per heavy atom. The Bertz CT molecular complexity index is 3130. The second-order valence-corrected chi connectivity index (χ2v) is 14.5. The number of halogens is 1.